The third kappa shape index (κ3) is 5.03. The molecule has 0 fully saturated rings. The average Bonchev–Trinajstić information content (AvgIpc) is 2.53. The molecular weight excluding hydrogens is 321 g/mol. The summed E-state index contributed by atoms with van der Waals surface area (Å²) in [5.41, 5.74) is 0. The second kappa shape index (κ2) is 9.21. The summed E-state index contributed by atoms with van der Waals surface area (Å²) in [4.78, 5) is 2.04. The Balaban J connectivity index is 1.93. The lowest BCUT2D eigenvalue weighted by Crippen LogP contribution is -2.37. The first kappa shape index (κ1) is 17.4. The lowest BCUT2D eigenvalue weighted by molar-refractivity contribution is 0.0727. The smallest absolute Gasteiger partial charge is 0.127 e. The minimum absolute atomic E-state index is 0.245. The maximum atomic E-state index is 10.2. The molecule has 0 radical (unpaired) electrons. The monoisotopic (exact) mass is 341 g/mol. The van der Waals surface area contributed by atoms with Crippen LogP contribution in [0.1, 0.15) is 0 Å². The Labute approximate surface area is 141 Å². The summed E-state index contributed by atoms with van der Waals surface area (Å²) in [6.07, 6.45) is -0.578. The Bertz CT molecular complexity index is 568. The minimum Gasteiger partial charge on any atom is -0.490 e. The van der Waals surface area contributed by atoms with E-state index in [-0.39, 0.29) is 6.61 Å². The van der Waals surface area contributed by atoms with Gasteiger partial charge in [-0.2, -0.15) is 0 Å². The van der Waals surface area contributed by atoms with Crippen LogP contribution in [0.15, 0.2) is 42.5 Å². The Morgan fingerprint density at radius 2 is 1.68 bits per heavy atom. The SMILES string of the molecule is O[C@H](COc1cccc2ccccc12)CN(CCCl)CCCl. The number of hydrogen-bond donors (Lipinski definition) is 1. The van der Waals surface area contributed by atoms with Crippen molar-refractivity contribution in [3.8, 4) is 5.75 Å². The molecule has 3 nitrogen and oxygen atoms in total. The van der Waals surface area contributed by atoms with Gasteiger partial charge in [-0.25, -0.2) is 0 Å². The first-order valence-corrected chi connectivity index (χ1v) is 8.44. The van der Waals surface area contributed by atoms with E-state index in [1.807, 2.05) is 47.4 Å². The fourth-order valence-corrected chi connectivity index (χ4v) is 2.87. The van der Waals surface area contributed by atoms with E-state index in [1.54, 1.807) is 0 Å². The lowest BCUT2D eigenvalue weighted by Gasteiger charge is -2.23. The largest absolute Gasteiger partial charge is 0.490 e. The number of halogens is 2. The number of fused-ring (bicyclic) bond motifs is 1. The molecule has 0 aliphatic heterocycles. The Morgan fingerprint density at radius 3 is 2.41 bits per heavy atom. The summed E-state index contributed by atoms with van der Waals surface area (Å²) < 4.78 is 5.80. The summed E-state index contributed by atoms with van der Waals surface area (Å²) in [7, 11) is 0. The van der Waals surface area contributed by atoms with Crippen LogP contribution >= 0.6 is 23.2 Å². The van der Waals surface area contributed by atoms with Crippen molar-refractivity contribution < 1.29 is 9.84 Å². The van der Waals surface area contributed by atoms with Gasteiger partial charge in [0.05, 0.1) is 0 Å². The minimum atomic E-state index is -0.578. The number of aliphatic hydroxyl groups is 1. The Morgan fingerprint density at radius 1 is 1.00 bits per heavy atom. The first-order chi connectivity index (χ1) is 10.7. The Hall–Kier alpha value is -1.000. The van der Waals surface area contributed by atoms with Crippen LogP contribution in [0.4, 0.5) is 0 Å². The highest BCUT2D eigenvalue weighted by Gasteiger charge is 2.12. The van der Waals surface area contributed by atoms with Gasteiger partial charge in [-0.3, -0.25) is 4.90 Å². The van der Waals surface area contributed by atoms with Crippen molar-refractivity contribution in [1.29, 1.82) is 0 Å². The van der Waals surface area contributed by atoms with E-state index < -0.39 is 6.10 Å². The number of ether oxygens (including phenoxy) is 1. The summed E-state index contributed by atoms with van der Waals surface area (Å²) >= 11 is 11.5. The first-order valence-electron chi connectivity index (χ1n) is 7.37. The van der Waals surface area contributed by atoms with Crippen LogP contribution in [0.5, 0.6) is 5.75 Å². The fourth-order valence-electron chi connectivity index (χ4n) is 2.39. The third-order valence-electron chi connectivity index (χ3n) is 3.45. The number of aliphatic hydroxyl groups excluding tert-OH is 1. The predicted molar refractivity (Wildman–Crippen MR) is 93.3 cm³/mol. The molecule has 0 saturated carbocycles. The molecule has 2 rings (SSSR count). The van der Waals surface area contributed by atoms with Crippen LogP contribution in [-0.2, 0) is 0 Å². The molecule has 0 aliphatic rings. The van der Waals surface area contributed by atoms with Crippen LogP contribution in [0.3, 0.4) is 0 Å². The van der Waals surface area contributed by atoms with Crippen LogP contribution < -0.4 is 4.74 Å². The molecule has 22 heavy (non-hydrogen) atoms. The highest BCUT2D eigenvalue weighted by Crippen LogP contribution is 2.25. The number of rotatable bonds is 9. The van der Waals surface area contributed by atoms with Gasteiger partial charge in [-0.05, 0) is 11.5 Å². The van der Waals surface area contributed by atoms with E-state index in [4.69, 9.17) is 27.9 Å². The zero-order valence-electron chi connectivity index (χ0n) is 12.4. The second-order valence-corrected chi connectivity index (χ2v) is 5.88. The molecular formula is C17H21Cl2NO2. The molecule has 0 bridgehead atoms. The molecule has 0 unspecified atom stereocenters. The van der Waals surface area contributed by atoms with E-state index in [2.05, 4.69) is 0 Å². The van der Waals surface area contributed by atoms with Crippen molar-refractivity contribution in [1.82, 2.24) is 4.90 Å². The molecule has 2 aromatic rings. The summed E-state index contributed by atoms with van der Waals surface area (Å²) in [5, 5.41) is 12.3. The number of alkyl halides is 2. The van der Waals surface area contributed by atoms with Crippen molar-refractivity contribution in [3.63, 3.8) is 0 Å². The molecule has 0 aliphatic carbocycles. The molecule has 1 N–H and O–H groups in total. The van der Waals surface area contributed by atoms with E-state index in [0.717, 1.165) is 16.5 Å². The zero-order valence-corrected chi connectivity index (χ0v) is 13.9. The molecule has 1 atom stereocenters. The van der Waals surface area contributed by atoms with Gasteiger partial charge in [0.25, 0.3) is 0 Å². The van der Waals surface area contributed by atoms with Gasteiger partial charge in [0.2, 0.25) is 0 Å². The summed E-state index contributed by atoms with van der Waals surface area (Å²) in [5.74, 6) is 1.83. The third-order valence-corrected chi connectivity index (χ3v) is 3.79. The van der Waals surface area contributed by atoms with Crippen LogP contribution in [0.2, 0.25) is 0 Å². The molecule has 0 aromatic heterocycles. The zero-order chi connectivity index (χ0) is 15.8. The highest BCUT2D eigenvalue weighted by molar-refractivity contribution is 6.18. The average molecular weight is 342 g/mol. The normalized spacial score (nSPS) is 12.7. The van der Waals surface area contributed by atoms with Crippen LogP contribution in [0, 0.1) is 0 Å². The van der Waals surface area contributed by atoms with Crippen LogP contribution in [0.25, 0.3) is 10.8 Å². The Kier molecular flexibility index (Phi) is 7.26. The topological polar surface area (TPSA) is 32.7 Å². The molecule has 5 heteroatoms. The fraction of sp³-hybridized carbons (Fsp3) is 0.412. The van der Waals surface area contributed by atoms with Gasteiger partial charge in [0.1, 0.15) is 18.5 Å². The quantitative estimate of drug-likeness (QED) is 0.710. The van der Waals surface area contributed by atoms with Gasteiger partial charge >= 0.3 is 0 Å². The van der Waals surface area contributed by atoms with E-state index in [1.165, 1.54) is 0 Å². The molecule has 0 saturated heterocycles. The summed E-state index contributed by atoms with van der Waals surface area (Å²) in [6, 6.07) is 14.0. The molecule has 0 spiro atoms. The van der Waals surface area contributed by atoms with Crippen molar-refractivity contribution in [2.75, 3.05) is 38.0 Å². The molecule has 0 amide bonds. The van der Waals surface area contributed by atoms with Crippen molar-refractivity contribution in [2.45, 2.75) is 6.10 Å². The van der Waals surface area contributed by atoms with E-state index in [0.29, 0.717) is 31.4 Å². The maximum Gasteiger partial charge on any atom is 0.127 e. The highest BCUT2D eigenvalue weighted by atomic mass is 35.5. The maximum absolute atomic E-state index is 10.2. The van der Waals surface area contributed by atoms with Gasteiger partial charge in [-0.1, -0.05) is 36.4 Å². The van der Waals surface area contributed by atoms with E-state index >= 15 is 0 Å². The van der Waals surface area contributed by atoms with Crippen molar-refractivity contribution in [2.24, 2.45) is 0 Å². The van der Waals surface area contributed by atoms with Gasteiger partial charge < -0.3 is 9.84 Å². The second-order valence-electron chi connectivity index (χ2n) is 5.12. The van der Waals surface area contributed by atoms with Gasteiger partial charge in [0.15, 0.2) is 0 Å². The number of benzene rings is 2. The molecule has 2 aromatic carbocycles. The number of nitrogens with zero attached hydrogens (tertiary/aromatic N) is 1. The lowest BCUT2D eigenvalue weighted by atomic mass is 10.1. The predicted octanol–water partition coefficient (Wildman–Crippen LogP) is 3.36. The molecule has 0 heterocycles. The molecule has 120 valence electrons. The van der Waals surface area contributed by atoms with E-state index in [9.17, 15) is 5.11 Å². The number of hydrogen-bond acceptors (Lipinski definition) is 3. The van der Waals surface area contributed by atoms with Crippen molar-refractivity contribution >= 4 is 34.0 Å². The summed E-state index contributed by atoms with van der Waals surface area (Å²) in [6.45, 7) is 2.17. The van der Waals surface area contributed by atoms with Gasteiger partial charge in [-0.15, -0.1) is 23.2 Å². The van der Waals surface area contributed by atoms with Crippen LogP contribution in [-0.4, -0.2) is 54.1 Å². The standard InChI is InChI=1S/C17H21Cl2NO2/c18-8-10-20(11-9-19)12-15(21)13-22-17-7-3-5-14-4-1-2-6-16(14)17/h1-7,15,21H,8-13H2/t15-/m0/s1. The van der Waals surface area contributed by atoms with Gasteiger partial charge in [0, 0.05) is 36.8 Å². The van der Waals surface area contributed by atoms with Crippen molar-refractivity contribution in [3.05, 3.63) is 42.5 Å².